The maximum atomic E-state index is 11.3. The van der Waals surface area contributed by atoms with Crippen LogP contribution in [0.25, 0.3) is 0 Å². The topological polar surface area (TPSA) is 69.4 Å². The number of ether oxygens (including phenoxy) is 1. The van der Waals surface area contributed by atoms with Crippen molar-refractivity contribution in [2.45, 2.75) is 9.79 Å². The van der Waals surface area contributed by atoms with E-state index in [4.69, 9.17) is 10.5 Å². The second-order valence-electron chi connectivity index (χ2n) is 4.51. The Labute approximate surface area is 129 Å². The Balaban J connectivity index is 1.80. The largest absolute Gasteiger partial charge is 0.493 e. The normalized spacial score (nSPS) is 11.3. The van der Waals surface area contributed by atoms with Gasteiger partial charge in [-0.05, 0) is 48.5 Å². The van der Waals surface area contributed by atoms with Crippen LogP contribution in [-0.2, 0) is 9.84 Å². The van der Waals surface area contributed by atoms with Crippen LogP contribution in [0.1, 0.15) is 0 Å². The van der Waals surface area contributed by atoms with Crippen LogP contribution in [0.3, 0.4) is 0 Å². The monoisotopic (exact) mass is 323 g/mol. The molecule has 0 spiro atoms. The molecule has 112 valence electrons. The van der Waals surface area contributed by atoms with Gasteiger partial charge in [0, 0.05) is 22.6 Å². The Morgan fingerprint density at radius 3 is 2.24 bits per heavy atom. The number of nitrogen functional groups attached to an aromatic ring is 1. The number of nitrogens with two attached hydrogens (primary N) is 1. The second-order valence-corrected chi connectivity index (χ2v) is 7.69. The zero-order valence-corrected chi connectivity index (χ0v) is 13.3. The van der Waals surface area contributed by atoms with Crippen LogP contribution >= 0.6 is 11.8 Å². The fourth-order valence-electron chi connectivity index (χ4n) is 1.67. The smallest absolute Gasteiger partial charge is 0.175 e. The molecule has 0 bridgehead atoms. The third-order valence-corrected chi connectivity index (χ3v) is 4.86. The molecule has 6 heteroatoms. The molecule has 0 heterocycles. The van der Waals surface area contributed by atoms with Gasteiger partial charge in [0.1, 0.15) is 5.75 Å². The van der Waals surface area contributed by atoms with E-state index in [1.165, 1.54) is 6.26 Å². The van der Waals surface area contributed by atoms with Crippen molar-refractivity contribution in [1.29, 1.82) is 0 Å². The first-order chi connectivity index (χ1) is 9.95. The Morgan fingerprint density at radius 1 is 1.05 bits per heavy atom. The molecule has 0 aromatic heterocycles. The molecule has 0 saturated carbocycles. The molecular formula is C15H17NO3S2. The molecule has 21 heavy (non-hydrogen) atoms. The van der Waals surface area contributed by atoms with E-state index < -0.39 is 9.84 Å². The van der Waals surface area contributed by atoms with Gasteiger partial charge in [-0.15, -0.1) is 11.8 Å². The molecule has 0 saturated heterocycles. The molecule has 0 radical (unpaired) electrons. The highest BCUT2D eigenvalue weighted by molar-refractivity contribution is 7.99. The van der Waals surface area contributed by atoms with Crippen molar-refractivity contribution in [2.75, 3.05) is 24.3 Å². The average Bonchev–Trinajstić information content (AvgIpc) is 2.45. The Hall–Kier alpha value is -1.66. The number of rotatable bonds is 6. The quantitative estimate of drug-likeness (QED) is 0.503. The standard InChI is InChI=1S/C15H17NO3S2/c1-21(17,18)15-8-6-14(7-9-15)20-11-10-19-13-4-2-12(16)3-5-13/h2-9H,10-11,16H2,1H3. The van der Waals surface area contributed by atoms with Crippen molar-refractivity contribution in [3.63, 3.8) is 0 Å². The van der Waals surface area contributed by atoms with Crippen molar-refractivity contribution < 1.29 is 13.2 Å². The van der Waals surface area contributed by atoms with Crippen LogP contribution in [0.2, 0.25) is 0 Å². The number of hydrogen-bond acceptors (Lipinski definition) is 5. The summed E-state index contributed by atoms with van der Waals surface area (Å²) in [5.41, 5.74) is 6.31. The second kappa shape index (κ2) is 6.87. The van der Waals surface area contributed by atoms with E-state index in [0.29, 0.717) is 17.2 Å². The molecule has 0 atom stereocenters. The molecule has 0 aliphatic heterocycles. The summed E-state index contributed by atoms with van der Waals surface area (Å²) in [5, 5.41) is 0. The van der Waals surface area contributed by atoms with Crippen molar-refractivity contribution in [1.82, 2.24) is 0 Å². The van der Waals surface area contributed by atoms with E-state index >= 15 is 0 Å². The van der Waals surface area contributed by atoms with E-state index in [2.05, 4.69) is 0 Å². The van der Waals surface area contributed by atoms with Gasteiger partial charge in [0.05, 0.1) is 11.5 Å². The molecule has 0 fully saturated rings. The first kappa shape index (κ1) is 15.7. The van der Waals surface area contributed by atoms with E-state index in [1.807, 2.05) is 24.3 Å². The number of thioether (sulfide) groups is 1. The summed E-state index contributed by atoms with van der Waals surface area (Å²) in [6.45, 7) is 0.572. The summed E-state index contributed by atoms with van der Waals surface area (Å²) in [6.07, 6.45) is 1.20. The number of sulfone groups is 1. The fraction of sp³-hybridized carbons (Fsp3) is 0.200. The van der Waals surface area contributed by atoms with E-state index in [9.17, 15) is 8.42 Å². The lowest BCUT2D eigenvalue weighted by Gasteiger charge is -2.06. The lowest BCUT2D eigenvalue weighted by Crippen LogP contribution is -2.00. The summed E-state index contributed by atoms with van der Waals surface area (Å²) in [4.78, 5) is 1.35. The lowest BCUT2D eigenvalue weighted by molar-refractivity contribution is 0.344. The summed E-state index contributed by atoms with van der Waals surface area (Å²) in [5.74, 6) is 1.57. The van der Waals surface area contributed by atoms with Gasteiger partial charge in [-0.2, -0.15) is 0 Å². The highest BCUT2D eigenvalue weighted by Gasteiger charge is 2.06. The zero-order chi connectivity index (χ0) is 15.3. The first-order valence-electron chi connectivity index (χ1n) is 6.36. The van der Waals surface area contributed by atoms with Gasteiger partial charge in [0.2, 0.25) is 0 Å². The number of hydrogen-bond donors (Lipinski definition) is 1. The molecule has 0 amide bonds. The predicted molar refractivity (Wildman–Crippen MR) is 86.6 cm³/mol. The minimum atomic E-state index is -3.13. The maximum Gasteiger partial charge on any atom is 0.175 e. The van der Waals surface area contributed by atoms with Crippen LogP contribution in [0.4, 0.5) is 5.69 Å². The van der Waals surface area contributed by atoms with Crippen LogP contribution in [0.5, 0.6) is 5.75 Å². The van der Waals surface area contributed by atoms with Gasteiger partial charge in [-0.3, -0.25) is 0 Å². The summed E-state index contributed by atoms with van der Waals surface area (Å²) >= 11 is 1.62. The van der Waals surface area contributed by atoms with Crippen LogP contribution < -0.4 is 10.5 Å². The Kier molecular flexibility index (Phi) is 5.14. The summed E-state index contributed by atoms with van der Waals surface area (Å²) in [6, 6.07) is 14.1. The SMILES string of the molecule is CS(=O)(=O)c1ccc(SCCOc2ccc(N)cc2)cc1. The van der Waals surface area contributed by atoms with Gasteiger partial charge in [-0.1, -0.05) is 0 Å². The predicted octanol–water partition coefficient (Wildman–Crippen LogP) is 2.84. The summed E-state index contributed by atoms with van der Waals surface area (Å²) < 4.78 is 28.3. The first-order valence-corrected chi connectivity index (χ1v) is 9.24. The van der Waals surface area contributed by atoms with E-state index in [-0.39, 0.29) is 0 Å². The number of anilines is 1. The summed E-state index contributed by atoms with van der Waals surface area (Å²) in [7, 11) is -3.13. The van der Waals surface area contributed by atoms with Crippen LogP contribution in [-0.4, -0.2) is 27.0 Å². The van der Waals surface area contributed by atoms with Crippen LogP contribution in [0.15, 0.2) is 58.3 Å². The van der Waals surface area contributed by atoms with Gasteiger partial charge >= 0.3 is 0 Å². The van der Waals surface area contributed by atoms with Gasteiger partial charge in [0.15, 0.2) is 9.84 Å². The van der Waals surface area contributed by atoms with Crippen molar-refractivity contribution in [3.8, 4) is 5.75 Å². The third kappa shape index (κ3) is 4.99. The third-order valence-electron chi connectivity index (χ3n) is 2.75. The van der Waals surface area contributed by atoms with Crippen molar-refractivity contribution >= 4 is 27.3 Å². The molecule has 0 aliphatic rings. The highest BCUT2D eigenvalue weighted by Crippen LogP contribution is 2.20. The maximum absolute atomic E-state index is 11.3. The van der Waals surface area contributed by atoms with Gasteiger partial charge in [-0.25, -0.2) is 8.42 Å². The van der Waals surface area contributed by atoms with E-state index in [1.54, 1.807) is 36.0 Å². The fourth-order valence-corrected chi connectivity index (χ4v) is 3.03. The molecule has 0 aliphatic carbocycles. The molecule has 2 rings (SSSR count). The number of benzene rings is 2. The molecule has 2 aromatic carbocycles. The highest BCUT2D eigenvalue weighted by atomic mass is 32.2. The van der Waals surface area contributed by atoms with Crippen LogP contribution in [0, 0.1) is 0 Å². The Morgan fingerprint density at radius 2 is 1.67 bits per heavy atom. The molecule has 0 unspecified atom stereocenters. The molecule has 2 N–H and O–H groups in total. The molecule has 2 aromatic rings. The van der Waals surface area contributed by atoms with E-state index in [0.717, 1.165) is 16.4 Å². The average molecular weight is 323 g/mol. The lowest BCUT2D eigenvalue weighted by atomic mass is 10.3. The molecule has 4 nitrogen and oxygen atoms in total. The minimum absolute atomic E-state index is 0.338. The molecular weight excluding hydrogens is 306 g/mol. The van der Waals surface area contributed by atoms with Gasteiger partial charge < -0.3 is 10.5 Å². The Bertz CT molecular complexity index is 680. The zero-order valence-electron chi connectivity index (χ0n) is 11.7. The van der Waals surface area contributed by atoms with Crippen molar-refractivity contribution in [2.24, 2.45) is 0 Å². The minimum Gasteiger partial charge on any atom is -0.493 e. The van der Waals surface area contributed by atoms with Gasteiger partial charge in [0.25, 0.3) is 0 Å². The van der Waals surface area contributed by atoms with Crippen molar-refractivity contribution in [3.05, 3.63) is 48.5 Å².